The molecule has 0 fully saturated rings. The fourth-order valence-electron chi connectivity index (χ4n) is 1.35. The van der Waals surface area contributed by atoms with Crippen molar-refractivity contribution in [1.29, 1.82) is 0 Å². The number of hydrogen-bond acceptors (Lipinski definition) is 3. The van der Waals surface area contributed by atoms with Crippen LogP contribution in [0.25, 0.3) is 0 Å². The Morgan fingerprint density at radius 3 is 2.82 bits per heavy atom. The van der Waals surface area contributed by atoms with Gasteiger partial charge in [-0.2, -0.15) is 5.10 Å². The highest BCUT2D eigenvalue weighted by Crippen LogP contribution is 2.16. The van der Waals surface area contributed by atoms with Gasteiger partial charge in [0.15, 0.2) is 5.69 Å². The van der Waals surface area contributed by atoms with E-state index in [1.54, 1.807) is 19.3 Å². The molecule has 1 heterocycles. The molecule has 1 amide bonds. The highest BCUT2D eigenvalue weighted by Gasteiger charge is 2.09. The maximum atomic E-state index is 12.9. The summed E-state index contributed by atoms with van der Waals surface area (Å²) in [7, 11) is 1.71. The van der Waals surface area contributed by atoms with Gasteiger partial charge in [-0.1, -0.05) is 0 Å². The van der Waals surface area contributed by atoms with Gasteiger partial charge >= 0.3 is 0 Å². The Morgan fingerprint density at radius 2 is 2.24 bits per heavy atom. The minimum Gasteiger partial charge on any atom is -0.396 e. The Hall–Kier alpha value is -2.37. The molecule has 2 rings (SSSR count). The summed E-state index contributed by atoms with van der Waals surface area (Å²) in [4.78, 5) is 11.7. The average molecular weight is 234 g/mol. The van der Waals surface area contributed by atoms with Crippen LogP contribution in [-0.4, -0.2) is 15.7 Å². The van der Waals surface area contributed by atoms with Crippen LogP contribution in [0.1, 0.15) is 10.5 Å². The maximum absolute atomic E-state index is 12.9. The number of hydrogen-bond donors (Lipinski definition) is 2. The molecule has 2 aromatic rings. The van der Waals surface area contributed by atoms with Crippen LogP contribution in [0.4, 0.5) is 15.8 Å². The lowest BCUT2D eigenvalue weighted by molar-refractivity contribution is 0.102. The summed E-state index contributed by atoms with van der Waals surface area (Å²) in [6.07, 6.45) is 1.66. The maximum Gasteiger partial charge on any atom is 0.276 e. The van der Waals surface area contributed by atoms with E-state index in [4.69, 9.17) is 5.73 Å². The van der Waals surface area contributed by atoms with Gasteiger partial charge in [0.05, 0.1) is 5.69 Å². The van der Waals surface area contributed by atoms with E-state index < -0.39 is 5.82 Å². The van der Waals surface area contributed by atoms with Gasteiger partial charge in [0.1, 0.15) is 5.82 Å². The first kappa shape index (κ1) is 11.1. The molecule has 1 aromatic heterocycles. The molecule has 0 radical (unpaired) electrons. The number of benzene rings is 1. The lowest BCUT2D eigenvalue weighted by Crippen LogP contribution is -2.13. The van der Waals surface area contributed by atoms with Crippen LogP contribution in [0.5, 0.6) is 0 Å². The third-order valence-electron chi connectivity index (χ3n) is 2.20. The molecule has 6 heteroatoms. The van der Waals surface area contributed by atoms with E-state index in [1.807, 2.05) is 0 Å². The van der Waals surface area contributed by atoms with Crippen molar-refractivity contribution in [1.82, 2.24) is 9.78 Å². The zero-order chi connectivity index (χ0) is 12.4. The Morgan fingerprint density at radius 1 is 1.47 bits per heavy atom. The molecule has 0 aliphatic heterocycles. The molecular weight excluding hydrogens is 223 g/mol. The van der Waals surface area contributed by atoms with Gasteiger partial charge in [-0.25, -0.2) is 4.39 Å². The van der Waals surface area contributed by atoms with Crippen LogP contribution in [0.15, 0.2) is 30.5 Å². The van der Waals surface area contributed by atoms with Gasteiger partial charge < -0.3 is 11.1 Å². The predicted molar refractivity (Wildman–Crippen MR) is 62.0 cm³/mol. The van der Waals surface area contributed by atoms with E-state index in [0.717, 1.165) is 0 Å². The van der Waals surface area contributed by atoms with Crippen molar-refractivity contribution < 1.29 is 9.18 Å². The monoisotopic (exact) mass is 234 g/mol. The quantitative estimate of drug-likeness (QED) is 0.771. The van der Waals surface area contributed by atoms with Crippen molar-refractivity contribution in [3.63, 3.8) is 0 Å². The third-order valence-corrected chi connectivity index (χ3v) is 2.20. The summed E-state index contributed by atoms with van der Waals surface area (Å²) in [6, 6.07) is 5.58. The molecule has 0 saturated heterocycles. The van der Waals surface area contributed by atoms with Gasteiger partial charge in [0.2, 0.25) is 0 Å². The lowest BCUT2D eigenvalue weighted by atomic mass is 10.2. The standard InChI is InChI=1S/C11H11FN4O/c1-16-5-4-10(15-16)11(17)14-7-2-3-8(12)9(13)6-7/h2-6H,13H2,1H3,(H,14,17). The minimum absolute atomic E-state index is 0.0104. The molecule has 5 nitrogen and oxygen atoms in total. The Bertz CT molecular complexity index is 564. The molecule has 0 unspecified atom stereocenters. The number of nitrogen functional groups attached to an aromatic ring is 1. The van der Waals surface area contributed by atoms with E-state index in [-0.39, 0.29) is 17.3 Å². The summed E-state index contributed by atoms with van der Waals surface area (Å²) in [6.45, 7) is 0. The van der Waals surface area contributed by atoms with Crippen molar-refractivity contribution >= 4 is 17.3 Å². The number of nitrogens with zero attached hydrogens (tertiary/aromatic N) is 2. The molecular formula is C11H11FN4O. The third kappa shape index (κ3) is 2.41. The first-order valence-corrected chi connectivity index (χ1v) is 4.92. The van der Waals surface area contributed by atoms with E-state index in [0.29, 0.717) is 5.69 Å². The predicted octanol–water partition coefficient (Wildman–Crippen LogP) is 1.39. The smallest absolute Gasteiger partial charge is 0.276 e. The number of carbonyl (C=O) groups is 1. The second-order valence-electron chi connectivity index (χ2n) is 3.57. The van der Waals surface area contributed by atoms with Gasteiger partial charge in [-0.15, -0.1) is 0 Å². The molecule has 0 spiro atoms. The molecule has 88 valence electrons. The largest absolute Gasteiger partial charge is 0.396 e. The molecule has 3 N–H and O–H groups in total. The van der Waals surface area contributed by atoms with Crippen molar-refractivity contribution in [2.24, 2.45) is 7.05 Å². The SMILES string of the molecule is Cn1ccc(C(=O)Nc2ccc(F)c(N)c2)n1. The van der Waals surface area contributed by atoms with Crippen molar-refractivity contribution in [2.45, 2.75) is 0 Å². The van der Waals surface area contributed by atoms with Gasteiger partial charge in [0.25, 0.3) is 5.91 Å². The fraction of sp³-hybridized carbons (Fsp3) is 0.0909. The van der Waals surface area contributed by atoms with E-state index in [1.165, 1.54) is 22.9 Å². The second-order valence-corrected chi connectivity index (χ2v) is 3.57. The second kappa shape index (κ2) is 4.25. The van der Waals surface area contributed by atoms with Crippen molar-refractivity contribution in [3.05, 3.63) is 42.0 Å². The Labute approximate surface area is 97.0 Å². The summed E-state index contributed by atoms with van der Waals surface area (Å²) >= 11 is 0. The number of rotatable bonds is 2. The average Bonchev–Trinajstić information content (AvgIpc) is 2.70. The van der Waals surface area contributed by atoms with Gasteiger partial charge in [-0.3, -0.25) is 9.48 Å². The highest BCUT2D eigenvalue weighted by atomic mass is 19.1. The van der Waals surface area contributed by atoms with Crippen LogP contribution in [0, 0.1) is 5.82 Å². The molecule has 0 saturated carbocycles. The van der Waals surface area contributed by atoms with Crippen molar-refractivity contribution in [2.75, 3.05) is 11.1 Å². The van der Waals surface area contributed by atoms with Crippen LogP contribution in [0.3, 0.4) is 0 Å². The number of anilines is 2. The number of amides is 1. The number of aromatic nitrogens is 2. The van der Waals surface area contributed by atoms with Crippen LogP contribution < -0.4 is 11.1 Å². The summed E-state index contributed by atoms with van der Waals surface area (Å²) < 4.78 is 14.4. The van der Waals surface area contributed by atoms with Gasteiger partial charge in [-0.05, 0) is 24.3 Å². The van der Waals surface area contributed by atoms with E-state index in [9.17, 15) is 9.18 Å². The Balaban J connectivity index is 2.15. The van der Waals surface area contributed by atoms with Gasteiger partial charge in [0, 0.05) is 18.9 Å². The molecule has 17 heavy (non-hydrogen) atoms. The van der Waals surface area contributed by atoms with E-state index >= 15 is 0 Å². The number of nitrogens with one attached hydrogen (secondary N) is 1. The number of halogens is 1. The number of nitrogens with two attached hydrogens (primary N) is 1. The fourth-order valence-corrected chi connectivity index (χ4v) is 1.35. The molecule has 0 bridgehead atoms. The normalized spacial score (nSPS) is 10.2. The molecule has 1 aromatic carbocycles. The number of carbonyl (C=O) groups excluding carboxylic acids is 1. The Kier molecular flexibility index (Phi) is 2.78. The number of aryl methyl sites for hydroxylation is 1. The summed E-state index contributed by atoms with van der Waals surface area (Å²) in [5.74, 6) is -0.877. The molecule has 0 aliphatic rings. The summed E-state index contributed by atoms with van der Waals surface area (Å²) in [5.41, 5.74) is 6.10. The highest BCUT2D eigenvalue weighted by molar-refractivity contribution is 6.02. The van der Waals surface area contributed by atoms with Crippen molar-refractivity contribution in [3.8, 4) is 0 Å². The zero-order valence-electron chi connectivity index (χ0n) is 9.14. The summed E-state index contributed by atoms with van der Waals surface area (Å²) in [5, 5.41) is 6.52. The first-order chi connectivity index (χ1) is 8.06. The van der Waals surface area contributed by atoms with Crippen LogP contribution >= 0.6 is 0 Å². The topological polar surface area (TPSA) is 72.9 Å². The lowest BCUT2D eigenvalue weighted by Gasteiger charge is -2.04. The molecule has 0 aliphatic carbocycles. The zero-order valence-corrected chi connectivity index (χ0v) is 9.14. The van der Waals surface area contributed by atoms with E-state index in [2.05, 4.69) is 10.4 Å². The molecule has 0 atom stereocenters. The minimum atomic E-state index is -0.513. The van der Waals surface area contributed by atoms with Crippen LogP contribution in [-0.2, 0) is 7.05 Å². The first-order valence-electron chi connectivity index (χ1n) is 4.92. The van der Waals surface area contributed by atoms with Crippen LogP contribution in [0.2, 0.25) is 0 Å².